The van der Waals surface area contributed by atoms with Crippen LogP contribution in [0.4, 0.5) is 10.5 Å². The summed E-state index contributed by atoms with van der Waals surface area (Å²) < 4.78 is 6.88. The van der Waals surface area contributed by atoms with Gasteiger partial charge in [-0.15, -0.1) is 0 Å². The number of para-hydroxylation sites is 1. The molecule has 0 saturated carbocycles. The van der Waals surface area contributed by atoms with Gasteiger partial charge in [0.05, 0.1) is 5.69 Å². The molecule has 6 nitrogen and oxygen atoms in total. The van der Waals surface area contributed by atoms with Crippen molar-refractivity contribution in [1.82, 2.24) is 5.32 Å². The van der Waals surface area contributed by atoms with Crippen molar-refractivity contribution < 1.29 is 19.1 Å². The molecule has 1 aliphatic heterocycles. The number of halogens is 2. The number of hydrogen-bond donors (Lipinski definition) is 1. The van der Waals surface area contributed by atoms with Gasteiger partial charge in [0, 0.05) is 15.1 Å². The fourth-order valence-corrected chi connectivity index (χ4v) is 3.57. The van der Waals surface area contributed by atoms with Gasteiger partial charge in [0.2, 0.25) is 0 Å². The third kappa shape index (κ3) is 4.74. The normalized spacial score (nSPS) is 15.1. The second kappa shape index (κ2) is 9.38. The van der Waals surface area contributed by atoms with Crippen molar-refractivity contribution in [2.45, 2.75) is 6.61 Å². The molecule has 32 heavy (non-hydrogen) atoms. The van der Waals surface area contributed by atoms with Crippen LogP contribution in [0.15, 0.2) is 82.8 Å². The molecule has 160 valence electrons. The Kier molecular flexibility index (Phi) is 6.39. The zero-order valence-electron chi connectivity index (χ0n) is 16.5. The number of ether oxygens (including phenoxy) is 1. The highest BCUT2D eigenvalue weighted by Gasteiger charge is 2.36. The van der Waals surface area contributed by atoms with E-state index in [1.807, 2.05) is 24.3 Å². The molecule has 0 radical (unpaired) electrons. The lowest BCUT2D eigenvalue weighted by Crippen LogP contribution is -2.54. The van der Waals surface area contributed by atoms with Gasteiger partial charge < -0.3 is 4.74 Å². The molecule has 0 aromatic heterocycles. The predicted molar refractivity (Wildman–Crippen MR) is 125 cm³/mol. The molecular weight excluding hydrogens is 496 g/mol. The number of carbonyl (C=O) groups excluding carboxylic acids is 3. The van der Waals surface area contributed by atoms with E-state index in [1.165, 1.54) is 6.08 Å². The van der Waals surface area contributed by atoms with Gasteiger partial charge in [-0.25, -0.2) is 9.69 Å². The number of nitrogens with zero attached hydrogens (tertiary/aromatic N) is 1. The Hall–Kier alpha value is -3.42. The fourth-order valence-electron chi connectivity index (χ4n) is 3.13. The Morgan fingerprint density at radius 2 is 1.69 bits per heavy atom. The lowest BCUT2D eigenvalue weighted by molar-refractivity contribution is -0.122. The zero-order valence-corrected chi connectivity index (χ0v) is 18.9. The van der Waals surface area contributed by atoms with Crippen LogP contribution in [-0.4, -0.2) is 17.8 Å². The predicted octanol–water partition coefficient (Wildman–Crippen LogP) is 5.35. The lowest BCUT2D eigenvalue weighted by atomic mass is 10.1. The Morgan fingerprint density at radius 3 is 2.41 bits per heavy atom. The first kappa shape index (κ1) is 21.8. The number of hydrogen-bond acceptors (Lipinski definition) is 4. The van der Waals surface area contributed by atoms with E-state index < -0.39 is 17.8 Å². The summed E-state index contributed by atoms with van der Waals surface area (Å²) in [4.78, 5) is 38.8. The van der Waals surface area contributed by atoms with Crippen molar-refractivity contribution in [3.8, 4) is 5.75 Å². The van der Waals surface area contributed by atoms with Crippen LogP contribution in [0, 0.1) is 0 Å². The monoisotopic (exact) mass is 510 g/mol. The van der Waals surface area contributed by atoms with Crippen molar-refractivity contribution in [1.29, 1.82) is 0 Å². The van der Waals surface area contributed by atoms with Gasteiger partial charge >= 0.3 is 6.03 Å². The summed E-state index contributed by atoms with van der Waals surface area (Å²) in [6.07, 6.45) is 1.38. The Labute approximate surface area is 197 Å². The molecule has 0 aliphatic carbocycles. The van der Waals surface area contributed by atoms with Crippen molar-refractivity contribution in [2.24, 2.45) is 0 Å². The largest absolute Gasteiger partial charge is 0.488 e. The Morgan fingerprint density at radius 1 is 0.969 bits per heavy atom. The van der Waals surface area contributed by atoms with Crippen molar-refractivity contribution in [3.63, 3.8) is 0 Å². The highest BCUT2D eigenvalue weighted by atomic mass is 79.9. The number of urea groups is 1. The minimum atomic E-state index is -0.804. The van der Waals surface area contributed by atoms with Crippen LogP contribution >= 0.6 is 27.5 Å². The quantitative estimate of drug-likeness (QED) is 0.370. The van der Waals surface area contributed by atoms with Crippen LogP contribution in [0.1, 0.15) is 11.1 Å². The maximum atomic E-state index is 13.1. The Bertz CT molecular complexity index is 1230. The number of barbiturate groups is 1. The van der Waals surface area contributed by atoms with Crippen LogP contribution in [-0.2, 0) is 16.2 Å². The molecule has 8 heteroatoms. The summed E-state index contributed by atoms with van der Waals surface area (Å²) in [6, 6.07) is 20.1. The van der Waals surface area contributed by atoms with E-state index >= 15 is 0 Å². The molecule has 1 N–H and O–H groups in total. The molecule has 0 bridgehead atoms. The second-order valence-electron chi connectivity index (χ2n) is 6.89. The van der Waals surface area contributed by atoms with Gasteiger partial charge in [-0.2, -0.15) is 0 Å². The van der Waals surface area contributed by atoms with E-state index in [9.17, 15) is 14.4 Å². The van der Waals surface area contributed by atoms with E-state index in [1.54, 1.807) is 48.5 Å². The van der Waals surface area contributed by atoms with Gasteiger partial charge in [0.15, 0.2) is 0 Å². The smallest absolute Gasteiger partial charge is 0.335 e. The summed E-state index contributed by atoms with van der Waals surface area (Å²) in [6.45, 7) is 0.278. The van der Waals surface area contributed by atoms with Gasteiger partial charge in [-0.3, -0.25) is 14.9 Å². The lowest BCUT2D eigenvalue weighted by Gasteiger charge is -2.26. The van der Waals surface area contributed by atoms with Gasteiger partial charge in [0.25, 0.3) is 11.8 Å². The van der Waals surface area contributed by atoms with Crippen LogP contribution in [0.2, 0.25) is 5.02 Å². The number of imide groups is 2. The molecule has 1 saturated heterocycles. The number of nitrogens with one attached hydrogen (secondary N) is 1. The standard InChI is InChI=1S/C24H16BrClN2O4/c25-17-8-6-15(7-9-17)14-32-21-11-10-18(26)12-16(21)13-20-22(29)27-24(31)28(23(20)30)19-4-2-1-3-5-19/h1-13H,14H2,(H,27,29,31)/b20-13+. The molecule has 0 unspecified atom stereocenters. The molecule has 4 amide bonds. The summed E-state index contributed by atoms with van der Waals surface area (Å²) in [7, 11) is 0. The molecule has 1 heterocycles. The van der Waals surface area contributed by atoms with Crippen LogP contribution in [0.25, 0.3) is 6.08 Å². The molecule has 4 rings (SSSR count). The Balaban J connectivity index is 1.66. The molecule has 1 fully saturated rings. The van der Waals surface area contributed by atoms with E-state index in [0.717, 1.165) is 14.9 Å². The van der Waals surface area contributed by atoms with Gasteiger partial charge in [0.1, 0.15) is 17.9 Å². The highest BCUT2D eigenvalue weighted by molar-refractivity contribution is 9.10. The first-order valence-corrected chi connectivity index (χ1v) is 10.7. The molecule has 3 aromatic rings. The topological polar surface area (TPSA) is 75.7 Å². The van der Waals surface area contributed by atoms with Crippen LogP contribution < -0.4 is 15.0 Å². The summed E-state index contributed by atoms with van der Waals surface area (Å²) in [5.41, 5.74) is 1.53. The number of benzene rings is 3. The number of amides is 4. The van der Waals surface area contributed by atoms with Crippen molar-refractivity contribution in [3.05, 3.63) is 99.0 Å². The van der Waals surface area contributed by atoms with Gasteiger partial charge in [-0.05, 0) is 54.1 Å². The second-order valence-corrected chi connectivity index (χ2v) is 8.24. The van der Waals surface area contributed by atoms with Crippen molar-refractivity contribution in [2.75, 3.05) is 4.90 Å². The van der Waals surface area contributed by atoms with E-state index in [-0.39, 0.29) is 12.2 Å². The van der Waals surface area contributed by atoms with E-state index in [2.05, 4.69) is 21.2 Å². The maximum Gasteiger partial charge on any atom is 0.335 e. The minimum Gasteiger partial charge on any atom is -0.488 e. The summed E-state index contributed by atoms with van der Waals surface area (Å²) >= 11 is 9.54. The summed E-state index contributed by atoms with van der Waals surface area (Å²) in [5, 5.41) is 2.62. The van der Waals surface area contributed by atoms with Crippen molar-refractivity contribution >= 4 is 57.1 Å². The van der Waals surface area contributed by atoms with Gasteiger partial charge in [-0.1, -0.05) is 57.9 Å². The van der Waals surface area contributed by atoms with E-state index in [4.69, 9.17) is 16.3 Å². The average Bonchev–Trinajstić information content (AvgIpc) is 2.78. The number of rotatable bonds is 5. The average molecular weight is 512 g/mol. The third-order valence-corrected chi connectivity index (χ3v) is 5.46. The highest BCUT2D eigenvalue weighted by Crippen LogP contribution is 2.28. The fraction of sp³-hybridized carbons (Fsp3) is 0.0417. The maximum absolute atomic E-state index is 13.1. The third-order valence-electron chi connectivity index (χ3n) is 4.70. The van der Waals surface area contributed by atoms with E-state index in [0.29, 0.717) is 22.0 Å². The minimum absolute atomic E-state index is 0.204. The first-order valence-electron chi connectivity index (χ1n) is 9.55. The number of carbonyl (C=O) groups is 3. The molecule has 3 aromatic carbocycles. The van der Waals surface area contributed by atoms with Crippen LogP contribution in [0.5, 0.6) is 5.75 Å². The molecular formula is C24H16BrClN2O4. The summed E-state index contributed by atoms with van der Waals surface area (Å²) in [5.74, 6) is -1.08. The zero-order chi connectivity index (χ0) is 22.7. The first-order chi connectivity index (χ1) is 15.4. The number of anilines is 1. The van der Waals surface area contributed by atoms with Crippen LogP contribution in [0.3, 0.4) is 0 Å². The molecule has 0 atom stereocenters. The molecule has 0 spiro atoms. The molecule has 1 aliphatic rings. The SMILES string of the molecule is O=C1NC(=O)N(c2ccccc2)C(=O)/C1=C/c1cc(Cl)ccc1OCc1ccc(Br)cc1.